The number of nitrogen functional groups attached to an aromatic ring is 1. The summed E-state index contributed by atoms with van der Waals surface area (Å²) >= 11 is 0. The lowest BCUT2D eigenvalue weighted by atomic mass is 10.1. The second kappa shape index (κ2) is 7.14. The Morgan fingerprint density at radius 1 is 1.25 bits per heavy atom. The van der Waals surface area contributed by atoms with Crippen LogP contribution in [0.2, 0.25) is 0 Å². The number of aromatic nitrogens is 2. The van der Waals surface area contributed by atoms with Crippen molar-refractivity contribution in [3.05, 3.63) is 59.8 Å². The van der Waals surface area contributed by atoms with Crippen molar-refractivity contribution in [2.45, 2.75) is 13.2 Å². The summed E-state index contributed by atoms with van der Waals surface area (Å²) in [7, 11) is 1.33. The lowest BCUT2D eigenvalue weighted by molar-refractivity contribution is 0.0602. The van der Waals surface area contributed by atoms with Crippen LogP contribution in [0.5, 0.6) is 0 Å². The molecule has 0 unspecified atom stereocenters. The zero-order valence-electron chi connectivity index (χ0n) is 13.4. The van der Waals surface area contributed by atoms with Crippen LogP contribution in [0.15, 0.2) is 48.7 Å². The van der Waals surface area contributed by atoms with Gasteiger partial charge in [-0.3, -0.25) is 4.68 Å². The number of anilines is 1. The molecule has 0 aliphatic rings. The summed E-state index contributed by atoms with van der Waals surface area (Å²) in [5.74, 6) is -0.456. The molecule has 0 saturated heterocycles. The molecule has 2 aromatic carbocycles. The van der Waals surface area contributed by atoms with Gasteiger partial charge in [0.15, 0.2) is 0 Å². The van der Waals surface area contributed by atoms with Gasteiger partial charge in [0, 0.05) is 11.1 Å². The van der Waals surface area contributed by atoms with E-state index in [0.29, 0.717) is 31.0 Å². The van der Waals surface area contributed by atoms with Gasteiger partial charge in [-0.1, -0.05) is 30.3 Å². The Kier molecular flexibility index (Phi) is 4.77. The first-order chi connectivity index (χ1) is 11.7. The summed E-state index contributed by atoms with van der Waals surface area (Å²) in [5.41, 5.74) is 8.58. The third-order valence-electron chi connectivity index (χ3n) is 3.78. The van der Waals surface area contributed by atoms with Gasteiger partial charge >= 0.3 is 5.97 Å². The van der Waals surface area contributed by atoms with E-state index >= 15 is 0 Å². The number of hydrogen-bond donors (Lipinski definition) is 1. The number of esters is 1. The van der Waals surface area contributed by atoms with E-state index in [4.69, 9.17) is 15.2 Å². The van der Waals surface area contributed by atoms with Crippen LogP contribution < -0.4 is 5.73 Å². The van der Waals surface area contributed by atoms with Crippen LogP contribution in [0, 0.1) is 0 Å². The highest BCUT2D eigenvalue weighted by Crippen LogP contribution is 2.22. The van der Waals surface area contributed by atoms with Crippen molar-refractivity contribution in [1.82, 2.24) is 9.78 Å². The molecule has 0 saturated carbocycles. The van der Waals surface area contributed by atoms with E-state index in [9.17, 15) is 4.79 Å². The predicted octanol–water partition coefficient (Wildman–Crippen LogP) is 2.62. The number of hydrogen-bond acceptors (Lipinski definition) is 5. The van der Waals surface area contributed by atoms with Crippen molar-refractivity contribution in [3.8, 4) is 0 Å². The maximum Gasteiger partial charge on any atom is 0.340 e. The Hall–Kier alpha value is -2.86. The molecule has 24 heavy (non-hydrogen) atoms. The van der Waals surface area contributed by atoms with Gasteiger partial charge in [0.2, 0.25) is 0 Å². The highest BCUT2D eigenvalue weighted by molar-refractivity contribution is 6.00. The first-order valence-electron chi connectivity index (χ1n) is 7.64. The van der Waals surface area contributed by atoms with Crippen molar-refractivity contribution in [2.24, 2.45) is 0 Å². The molecular formula is C18H19N3O3. The number of rotatable bonds is 6. The Bertz CT molecular complexity index is 843. The Labute approximate surface area is 139 Å². The van der Waals surface area contributed by atoms with Gasteiger partial charge in [0.05, 0.1) is 44.1 Å². The summed E-state index contributed by atoms with van der Waals surface area (Å²) in [6.45, 7) is 1.66. The number of methoxy groups -OCH3 is 1. The molecule has 124 valence electrons. The number of ether oxygens (including phenoxy) is 2. The van der Waals surface area contributed by atoms with Crippen LogP contribution in [0.25, 0.3) is 10.9 Å². The third kappa shape index (κ3) is 3.38. The van der Waals surface area contributed by atoms with Crippen LogP contribution >= 0.6 is 0 Å². The van der Waals surface area contributed by atoms with E-state index in [-0.39, 0.29) is 0 Å². The third-order valence-corrected chi connectivity index (χ3v) is 3.78. The van der Waals surface area contributed by atoms with Crippen LogP contribution in [0.1, 0.15) is 15.9 Å². The second-order valence-electron chi connectivity index (χ2n) is 5.40. The van der Waals surface area contributed by atoms with Gasteiger partial charge < -0.3 is 15.2 Å². The largest absolute Gasteiger partial charge is 0.465 e. The van der Waals surface area contributed by atoms with E-state index in [0.717, 1.165) is 16.5 Å². The minimum atomic E-state index is -0.456. The molecule has 0 aliphatic carbocycles. The van der Waals surface area contributed by atoms with E-state index in [1.54, 1.807) is 23.0 Å². The minimum Gasteiger partial charge on any atom is -0.465 e. The molecule has 1 aromatic heterocycles. The van der Waals surface area contributed by atoms with Crippen LogP contribution in [0.4, 0.5) is 5.69 Å². The fourth-order valence-corrected chi connectivity index (χ4v) is 2.52. The lowest BCUT2D eigenvalue weighted by Crippen LogP contribution is -2.09. The molecule has 0 radical (unpaired) electrons. The number of nitrogens with two attached hydrogens (primary N) is 1. The van der Waals surface area contributed by atoms with Gasteiger partial charge in [0.1, 0.15) is 0 Å². The number of benzene rings is 2. The summed E-state index contributed by atoms with van der Waals surface area (Å²) in [6.07, 6.45) is 1.73. The molecule has 1 heterocycles. The van der Waals surface area contributed by atoms with Crippen molar-refractivity contribution >= 4 is 22.6 Å². The average Bonchev–Trinajstić information content (AvgIpc) is 3.00. The first-order valence-corrected chi connectivity index (χ1v) is 7.64. The SMILES string of the molecule is COC(=O)c1cc2c(cnn2CCOCc2ccccc2)cc1N. The van der Waals surface area contributed by atoms with Crippen molar-refractivity contribution < 1.29 is 14.3 Å². The Morgan fingerprint density at radius 2 is 2.04 bits per heavy atom. The fourth-order valence-electron chi connectivity index (χ4n) is 2.52. The van der Waals surface area contributed by atoms with Crippen molar-refractivity contribution in [2.75, 3.05) is 19.5 Å². The Morgan fingerprint density at radius 3 is 2.79 bits per heavy atom. The van der Waals surface area contributed by atoms with Gasteiger partial charge in [-0.25, -0.2) is 4.79 Å². The smallest absolute Gasteiger partial charge is 0.340 e. The maximum atomic E-state index is 11.8. The normalized spacial score (nSPS) is 10.9. The first kappa shape index (κ1) is 16.0. The fraction of sp³-hybridized carbons (Fsp3) is 0.222. The molecule has 0 spiro atoms. The molecular weight excluding hydrogens is 306 g/mol. The summed E-state index contributed by atoms with van der Waals surface area (Å²) in [6, 6.07) is 13.4. The molecule has 0 bridgehead atoms. The van der Waals surface area contributed by atoms with Gasteiger partial charge in [-0.2, -0.15) is 5.10 Å². The predicted molar refractivity (Wildman–Crippen MR) is 91.6 cm³/mol. The standard InChI is InChI=1S/C18H19N3O3/c1-23-18(22)15-10-17-14(9-16(15)19)11-20-21(17)7-8-24-12-13-5-3-2-4-6-13/h2-6,9-11H,7-8,12,19H2,1H3. The quantitative estimate of drug-likeness (QED) is 0.428. The zero-order valence-corrected chi connectivity index (χ0v) is 13.4. The molecule has 3 rings (SSSR count). The zero-order chi connectivity index (χ0) is 16.9. The molecule has 6 nitrogen and oxygen atoms in total. The second-order valence-corrected chi connectivity index (χ2v) is 5.40. The van der Waals surface area contributed by atoms with Gasteiger partial charge in [0.25, 0.3) is 0 Å². The summed E-state index contributed by atoms with van der Waals surface area (Å²) in [4.78, 5) is 11.8. The van der Waals surface area contributed by atoms with E-state index in [1.807, 2.05) is 30.3 Å². The average molecular weight is 325 g/mol. The number of nitrogens with zero attached hydrogens (tertiary/aromatic N) is 2. The van der Waals surface area contributed by atoms with Crippen molar-refractivity contribution in [3.63, 3.8) is 0 Å². The summed E-state index contributed by atoms with van der Waals surface area (Å²) in [5, 5.41) is 5.21. The molecule has 2 N–H and O–H groups in total. The topological polar surface area (TPSA) is 79.4 Å². The summed E-state index contributed by atoms with van der Waals surface area (Å²) < 4.78 is 12.2. The Balaban J connectivity index is 1.69. The maximum absolute atomic E-state index is 11.8. The van der Waals surface area contributed by atoms with Crippen molar-refractivity contribution in [1.29, 1.82) is 0 Å². The molecule has 0 atom stereocenters. The number of carbonyl (C=O) groups is 1. The molecule has 0 amide bonds. The van der Waals surface area contributed by atoms with Gasteiger partial charge in [-0.05, 0) is 17.7 Å². The number of fused-ring (bicyclic) bond motifs is 1. The monoisotopic (exact) mass is 325 g/mol. The molecule has 3 aromatic rings. The molecule has 0 fully saturated rings. The van der Waals surface area contributed by atoms with Crippen LogP contribution in [-0.2, 0) is 22.6 Å². The van der Waals surface area contributed by atoms with Crippen LogP contribution in [0.3, 0.4) is 0 Å². The van der Waals surface area contributed by atoms with Gasteiger partial charge in [-0.15, -0.1) is 0 Å². The molecule has 6 heteroatoms. The highest BCUT2D eigenvalue weighted by atomic mass is 16.5. The highest BCUT2D eigenvalue weighted by Gasteiger charge is 2.13. The lowest BCUT2D eigenvalue weighted by Gasteiger charge is -2.08. The number of carbonyl (C=O) groups excluding carboxylic acids is 1. The van der Waals surface area contributed by atoms with E-state index in [1.165, 1.54) is 7.11 Å². The van der Waals surface area contributed by atoms with E-state index < -0.39 is 5.97 Å². The molecule has 0 aliphatic heterocycles. The minimum absolute atomic E-state index is 0.344. The van der Waals surface area contributed by atoms with E-state index in [2.05, 4.69) is 5.10 Å². The van der Waals surface area contributed by atoms with Crippen LogP contribution in [-0.4, -0.2) is 29.5 Å².